The molecule has 0 saturated carbocycles. The Morgan fingerprint density at radius 3 is 2.72 bits per heavy atom. The van der Waals surface area contributed by atoms with E-state index in [1.807, 2.05) is 24.3 Å². The number of amides is 2. The van der Waals surface area contributed by atoms with Crippen molar-refractivity contribution < 1.29 is 9.59 Å². The third kappa shape index (κ3) is 5.51. The molecule has 2 heterocycles. The monoisotopic (exact) mass is 492 g/mol. The minimum absolute atomic E-state index is 0.129. The zero-order valence-electron chi connectivity index (χ0n) is 15.8. The van der Waals surface area contributed by atoms with E-state index in [4.69, 9.17) is 18.0 Å². The molecule has 0 spiro atoms. The summed E-state index contributed by atoms with van der Waals surface area (Å²) < 4.78 is 0.968. The Hall–Kier alpha value is -2.07. The van der Waals surface area contributed by atoms with Gasteiger partial charge in [-0.3, -0.25) is 19.8 Å². The Labute approximate surface area is 187 Å². The van der Waals surface area contributed by atoms with Gasteiger partial charge in [0.15, 0.2) is 5.11 Å². The number of primary amides is 1. The van der Waals surface area contributed by atoms with Gasteiger partial charge in [-0.2, -0.15) is 0 Å². The van der Waals surface area contributed by atoms with Crippen LogP contribution in [0.5, 0.6) is 0 Å². The van der Waals surface area contributed by atoms with Gasteiger partial charge in [-0.05, 0) is 54.5 Å². The molecular formula is C20H21BrN4O2S2. The summed E-state index contributed by atoms with van der Waals surface area (Å²) in [6.45, 7) is 4.74. The highest BCUT2D eigenvalue weighted by atomic mass is 79.9. The standard InChI is InChI=1S/C20H21BrN4O2S2/c1-2-25-10-9-14-15(11-25)29-19(17(14)18(22)27)24-20(28)23-16(26)8-5-12-3-6-13(21)7-4-12/h3-8H,2,9-11H2,1H3,(H2,22,27)(H2,23,24,26,28). The highest BCUT2D eigenvalue weighted by Gasteiger charge is 2.26. The summed E-state index contributed by atoms with van der Waals surface area (Å²) in [5, 5.41) is 6.30. The highest BCUT2D eigenvalue weighted by Crippen LogP contribution is 2.36. The summed E-state index contributed by atoms with van der Waals surface area (Å²) in [5.74, 6) is -0.844. The van der Waals surface area contributed by atoms with E-state index < -0.39 is 5.91 Å². The molecule has 1 aromatic heterocycles. The molecule has 152 valence electrons. The number of carbonyl (C=O) groups excluding carboxylic acids is 2. The van der Waals surface area contributed by atoms with Crippen molar-refractivity contribution in [1.29, 1.82) is 0 Å². The number of nitrogens with zero attached hydrogens (tertiary/aromatic N) is 1. The first-order valence-corrected chi connectivity index (χ1v) is 11.1. The first kappa shape index (κ1) is 21.6. The molecule has 6 nitrogen and oxygen atoms in total. The largest absolute Gasteiger partial charge is 0.365 e. The van der Waals surface area contributed by atoms with E-state index in [0.29, 0.717) is 10.6 Å². The SMILES string of the molecule is CCN1CCc2c(sc(NC(=S)NC(=O)C=Cc3ccc(Br)cc3)c2C(N)=O)C1. The number of thiocarbonyl (C=S) groups is 1. The molecule has 1 aliphatic heterocycles. The van der Waals surface area contributed by atoms with Crippen LogP contribution in [0.15, 0.2) is 34.8 Å². The first-order valence-electron chi connectivity index (χ1n) is 9.09. The predicted molar refractivity (Wildman–Crippen MR) is 125 cm³/mol. The number of thiophene rings is 1. The van der Waals surface area contributed by atoms with Crippen LogP contribution < -0.4 is 16.4 Å². The number of hydrogen-bond donors (Lipinski definition) is 3. The zero-order chi connectivity index (χ0) is 21.0. The average molecular weight is 493 g/mol. The summed E-state index contributed by atoms with van der Waals surface area (Å²) in [4.78, 5) is 27.6. The van der Waals surface area contributed by atoms with Crippen LogP contribution in [-0.4, -0.2) is 34.9 Å². The van der Waals surface area contributed by atoms with Gasteiger partial charge in [0.2, 0.25) is 5.91 Å². The van der Waals surface area contributed by atoms with Crippen molar-refractivity contribution >= 4 is 67.5 Å². The highest BCUT2D eigenvalue weighted by molar-refractivity contribution is 9.10. The second-order valence-corrected chi connectivity index (χ2v) is 8.95. The van der Waals surface area contributed by atoms with Crippen molar-refractivity contribution in [3.63, 3.8) is 0 Å². The minimum atomic E-state index is -0.487. The Kier molecular flexibility index (Phi) is 7.18. The topological polar surface area (TPSA) is 87.5 Å². The molecule has 0 radical (unpaired) electrons. The van der Waals surface area contributed by atoms with Crippen LogP contribution in [0.1, 0.15) is 33.3 Å². The van der Waals surface area contributed by atoms with Crippen LogP contribution >= 0.6 is 39.5 Å². The molecule has 1 aliphatic rings. The molecule has 0 unspecified atom stereocenters. The molecule has 2 aromatic rings. The molecule has 3 rings (SSSR count). The van der Waals surface area contributed by atoms with Gasteiger partial charge in [-0.15, -0.1) is 11.3 Å². The molecule has 2 amide bonds. The first-order chi connectivity index (χ1) is 13.9. The Morgan fingerprint density at radius 1 is 1.34 bits per heavy atom. The van der Waals surface area contributed by atoms with Crippen molar-refractivity contribution in [3.05, 3.63) is 56.4 Å². The fourth-order valence-electron chi connectivity index (χ4n) is 3.11. The quantitative estimate of drug-likeness (QED) is 0.439. The summed E-state index contributed by atoms with van der Waals surface area (Å²) in [6.07, 6.45) is 3.88. The van der Waals surface area contributed by atoms with Crippen molar-refractivity contribution in [2.75, 3.05) is 18.4 Å². The summed E-state index contributed by atoms with van der Waals surface area (Å²) in [7, 11) is 0. The smallest absolute Gasteiger partial charge is 0.251 e. The number of rotatable bonds is 5. The molecule has 1 aromatic carbocycles. The molecule has 29 heavy (non-hydrogen) atoms. The summed E-state index contributed by atoms with van der Waals surface area (Å²) in [6, 6.07) is 7.57. The van der Waals surface area contributed by atoms with Crippen LogP contribution in [0.2, 0.25) is 0 Å². The molecule has 0 aliphatic carbocycles. The number of halogens is 1. The lowest BCUT2D eigenvalue weighted by Gasteiger charge is -2.25. The lowest BCUT2D eigenvalue weighted by atomic mass is 10.0. The van der Waals surface area contributed by atoms with E-state index in [1.165, 1.54) is 17.4 Å². The van der Waals surface area contributed by atoms with Crippen molar-refractivity contribution in [1.82, 2.24) is 10.2 Å². The number of benzene rings is 1. The lowest BCUT2D eigenvalue weighted by Crippen LogP contribution is -2.33. The fourth-order valence-corrected chi connectivity index (χ4v) is 4.94. The van der Waals surface area contributed by atoms with Gasteiger partial charge in [0.1, 0.15) is 5.00 Å². The minimum Gasteiger partial charge on any atom is -0.365 e. The third-order valence-corrected chi connectivity index (χ3v) is 6.46. The lowest BCUT2D eigenvalue weighted by molar-refractivity contribution is -0.115. The van der Waals surface area contributed by atoms with E-state index in [-0.39, 0.29) is 11.0 Å². The van der Waals surface area contributed by atoms with Crippen LogP contribution in [-0.2, 0) is 17.8 Å². The maximum Gasteiger partial charge on any atom is 0.251 e. The third-order valence-electron chi connectivity index (χ3n) is 4.59. The van der Waals surface area contributed by atoms with E-state index >= 15 is 0 Å². The number of fused-ring (bicyclic) bond motifs is 1. The maximum absolute atomic E-state index is 12.1. The van der Waals surface area contributed by atoms with Gasteiger partial charge in [-0.1, -0.05) is 35.0 Å². The van der Waals surface area contributed by atoms with Crippen molar-refractivity contribution in [2.45, 2.75) is 19.9 Å². The normalized spacial score (nSPS) is 13.9. The number of anilines is 1. The summed E-state index contributed by atoms with van der Waals surface area (Å²) in [5.41, 5.74) is 7.97. The Morgan fingerprint density at radius 2 is 2.07 bits per heavy atom. The number of likely N-dealkylation sites (N-methyl/N-ethyl adjacent to an activating group) is 1. The van der Waals surface area contributed by atoms with Crippen molar-refractivity contribution in [3.8, 4) is 0 Å². The number of carbonyl (C=O) groups is 2. The van der Waals surface area contributed by atoms with Gasteiger partial charge < -0.3 is 11.1 Å². The second-order valence-electron chi connectivity index (χ2n) is 6.52. The molecule has 0 saturated heterocycles. The van der Waals surface area contributed by atoms with Gasteiger partial charge in [-0.25, -0.2) is 0 Å². The number of nitrogens with two attached hydrogens (primary N) is 1. The van der Waals surface area contributed by atoms with Crippen LogP contribution in [0, 0.1) is 0 Å². The van der Waals surface area contributed by atoms with E-state index in [0.717, 1.165) is 46.5 Å². The molecule has 0 fully saturated rings. The maximum atomic E-state index is 12.1. The zero-order valence-corrected chi connectivity index (χ0v) is 19.0. The van der Waals surface area contributed by atoms with E-state index in [9.17, 15) is 9.59 Å². The number of nitrogens with one attached hydrogen (secondary N) is 2. The molecular weight excluding hydrogens is 472 g/mol. The van der Waals surface area contributed by atoms with Gasteiger partial charge in [0.25, 0.3) is 5.91 Å². The summed E-state index contributed by atoms with van der Waals surface area (Å²) >= 11 is 10.1. The van der Waals surface area contributed by atoms with Crippen molar-refractivity contribution in [2.24, 2.45) is 5.73 Å². The second kappa shape index (κ2) is 9.62. The fraction of sp³-hybridized carbons (Fsp3) is 0.250. The van der Waals surface area contributed by atoms with E-state index in [1.54, 1.807) is 6.08 Å². The van der Waals surface area contributed by atoms with Crippen LogP contribution in [0.25, 0.3) is 6.08 Å². The van der Waals surface area contributed by atoms with Gasteiger partial charge in [0, 0.05) is 28.5 Å². The van der Waals surface area contributed by atoms with E-state index in [2.05, 4.69) is 38.4 Å². The molecule has 0 atom stereocenters. The molecule has 9 heteroatoms. The average Bonchev–Trinajstić information content (AvgIpc) is 3.04. The molecule has 0 bridgehead atoms. The van der Waals surface area contributed by atoms with Crippen LogP contribution in [0.3, 0.4) is 0 Å². The van der Waals surface area contributed by atoms with Gasteiger partial charge in [0.05, 0.1) is 5.56 Å². The van der Waals surface area contributed by atoms with Gasteiger partial charge >= 0.3 is 0 Å². The number of hydrogen-bond acceptors (Lipinski definition) is 5. The molecule has 4 N–H and O–H groups in total. The Balaban J connectivity index is 1.67. The predicted octanol–water partition coefficient (Wildman–Crippen LogP) is 3.51. The Bertz CT molecular complexity index is 970. The van der Waals surface area contributed by atoms with Crippen LogP contribution in [0.4, 0.5) is 5.00 Å².